The highest BCUT2D eigenvalue weighted by atomic mass is 19.3. The van der Waals surface area contributed by atoms with E-state index in [4.69, 9.17) is 37.9 Å². The number of aryl methyl sites for hydroxylation is 3. The Hall–Kier alpha value is -11.0. The summed E-state index contributed by atoms with van der Waals surface area (Å²) in [5, 5.41) is 0. The molecule has 0 radical (unpaired) electrons. The quantitative estimate of drug-likeness (QED) is 0.112. The molecular weight excluding hydrogens is 1460 g/mol. The second kappa shape index (κ2) is 32.7. The fraction of sp³-hybridized carbons (Fsp3) is 0.283. The van der Waals surface area contributed by atoms with Gasteiger partial charge >= 0.3 is 24.4 Å². The Balaban J connectivity index is 0.000000131. The normalized spacial score (nSPS) is 19.7. The molecule has 8 nitrogen and oxygen atoms in total. The summed E-state index contributed by atoms with van der Waals surface area (Å²) in [6.45, 7) is 7.94. The molecule has 1 fully saturated rings. The van der Waals surface area contributed by atoms with Crippen LogP contribution in [0.15, 0.2) is 218 Å². The van der Waals surface area contributed by atoms with Gasteiger partial charge in [0.05, 0.1) is 52.1 Å². The molecule has 20 heteroatoms. The first-order chi connectivity index (χ1) is 53.5. The summed E-state index contributed by atoms with van der Waals surface area (Å²) in [5.74, 6) is -5.93. The topological polar surface area (TPSA) is 73.8 Å². The minimum absolute atomic E-state index is 0.00517. The minimum atomic E-state index is -3.54. The molecule has 4 unspecified atom stereocenters. The van der Waals surface area contributed by atoms with Crippen LogP contribution in [0.25, 0.3) is 44.5 Å². The van der Waals surface area contributed by atoms with E-state index in [-0.39, 0.29) is 65.5 Å². The van der Waals surface area contributed by atoms with Crippen LogP contribution >= 0.6 is 0 Å². The Morgan fingerprint density at radius 3 is 0.795 bits per heavy atom. The summed E-state index contributed by atoms with van der Waals surface area (Å²) in [7, 11) is 6.09. The highest BCUT2D eigenvalue weighted by Crippen LogP contribution is 2.53. The summed E-state index contributed by atoms with van der Waals surface area (Å²) in [5.41, 5.74) is 9.56. The standard InChI is InChI=1S/C23H19F3O3.2C23H19F3O2.C23H25F3O/c1-27-17-8-3-14(4-9-17)19-12-7-16-13-20(15-5-10-18(28-2)11-6-15)23(25,26)29-22(16)21(19)24;1-14-3-5-16(6-4-14)20-13-17-9-12-19(15-7-10-18(27-2)11-8-15)21(24)22(17)28-23(20,25)26;1-14-3-5-15(6-4-14)19-12-9-17-13-20(16-7-10-18(27-2)11-8-16)23(25,26)28-22(17)21(19)24;1-14-3-7-16(8-4-14)19-12-11-18-13-20(17-9-5-15(2)6-10-17)23(25,26)27-22(18)21(19)24/h3-12,20H,13H2,1-2H3;2*3-12,20H,13H2,1-2H3;3-4,7-8,11-12,15,17,20H,5-6,9-10,13H2,1-2H3. The number of halogens is 12. The minimum Gasteiger partial charge on any atom is -0.497 e. The predicted octanol–water partition coefficient (Wildman–Crippen LogP) is 24.8. The molecule has 4 heterocycles. The Kier molecular flexibility index (Phi) is 23.1. The molecule has 0 amide bonds. The van der Waals surface area contributed by atoms with E-state index in [0.29, 0.717) is 95.7 Å². The number of fused-ring (bicyclic) bond motifs is 4. The Labute approximate surface area is 642 Å². The molecule has 11 aromatic carbocycles. The first-order valence-electron chi connectivity index (χ1n) is 36.9. The molecule has 0 aromatic heterocycles. The molecule has 1 saturated carbocycles. The van der Waals surface area contributed by atoms with Gasteiger partial charge in [0.1, 0.15) is 23.0 Å². The number of rotatable bonds is 12. The van der Waals surface area contributed by atoms with Crippen LogP contribution in [0.2, 0.25) is 0 Å². The molecule has 4 atom stereocenters. The third kappa shape index (κ3) is 16.9. The smallest absolute Gasteiger partial charge is 0.405 e. The summed E-state index contributed by atoms with van der Waals surface area (Å²) >= 11 is 0. The molecule has 0 bridgehead atoms. The van der Waals surface area contributed by atoms with E-state index < -0.39 is 77.1 Å². The fourth-order valence-electron chi connectivity index (χ4n) is 15.1. The van der Waals surface area contributed by atoms with Crippen LogP contribution in [0.4, 0.5) is 52.7 Å². The molecule has 0 spiro atoms. The van der Waals surface area contributed by atoms with E-state index >= 15 is 17.6 Å². The third-order valence-electron chi connectivity index (χ3n) is 21.7. The number of ether oxygens (including phenoxy) is 8. The first kappa shape index (κ1) is 79.1. The van der Waals surface area contributed by atoms with E-state index in [1.165, 1.54) is 28.4 Å². The second-order valence-electron chi connectivity index (χ2n) is 29.1. The molecule has 4 aliphatic heterocycles. The maximum Gasteiger partial charge on any atom is 0.405 e. The van der Waals surface area contributed by atoms with Crippen molar-refractivity contribution in [1.29, 1.82) is 0 Å². The fourth-order valence-corrected chi connectivity index (χ4v) is 15.1. The van der Waals surface area contributed by atoms with Crippen molar-refractivity contribution >= 4 is 0 Å². The van der Waals surface area contributed by atoms with Crippen LogP contribution in [-0.4, -0.2) is 52.9 Å². The van der Waals surface area contributed by atoms with Crippen LogP contribution in [0.5, 0.6) is 46.0 Å². The molecule has 5 aliphatic rings. The maximum atomic E-state index is 15.1. The van der Waals surface area contributed by atoms with Crippen LogP contribution in [0.3, 0.4) is 0 Å². The lowest BCUT2D eigenvalue weighted by Gasteiger charge is -2.40. The second-order valence-corrected chi connectivity index (χ2v) is 29.1. The van der Waals surface area contributed by atoms with Gasteiger partial charge in [0, 0.05) is 22.3 Å². The highest BCUT2D eigenvalue weighted by molar-refractivity contribution is 5.72. The summed E-state index contributed by atoms with van der Waals surface area (Å²) in [6.07, 6.45) is -10.2. The van der Waals surface area contributed by atoms with Gasteiger partial charge in [-0.15, -0.1) is 0 Å². The molecule has 0 saturated heterocycles. The van der Waals surface area contributed by atoms with Crippen LogP contribution in [0.1, 0.15) is 106 Å². The summed E-state index contributed by atoms with van der Waals surface area (Å²) in [6, 6.07) is 61.0. The summed E-state index contributed by atoms with van der Waals surface area (Å²) < 4.78 is 219. The lowest BCUT2D eigenvalue weighted by atomic mass is 9.73. The average molecular weight is 1540 g/mol. The van der Waals surface area contributed by atoms with E-state index in [1.54, 1.807) is 194 Å². The van der Waals surface area contributed by atoms with Crippen molar-refractivity contribution in [3.63, 3.8) is 0 Å². The van der Waals surface area contributed by atoms with Crippen LogP contribution in [-0.2, 0) is 25.7 Å². The molecule has 11 aromatic rings. The van der Waals surface area contributed by atoms with Gasteiger partial charge in [0.15, 0.2) is 46.3 Å². The van der Waals surface area contributed by atoms with Gasteiger partial charge < -0.3 is 37.9 Å². The lowest BCUT2D eigenvalue weighted by molar-refractivity contribution is -0.239. The van der Waals surface area contributed by atoms with Gasteiger partial charge in [-0.1, -0.05) is 206 Å². The number of benzene rings is 11. The van der Waals surface area contributed by atoms with E-state index in [0.717, 1.165) is 42.4 Å². The maximum absolute atomic E-state index is 15.1. The Morgan fingerprint density at radius 2 is 0.518 bits per heavy atom. The highest BCUT2D eigenvalue weighted by Gasteiger charge is 2.53. The van der Waals surface area contributed by atoms with Crippen molar-refractivity contribution in [2.75, 3.05) is 28.4 Å². The van der Waals surface area contributed by atoms with Crippen molar-refractivity contribution in [2.24, 2.45) is 17.8 Å². The number of hydrogen-bond donors (Lipinski definition) is 0. The van der Waals surface area contributed by atoms with Gasteiger partial charge in [0.2, 0.25) is 0 Å². The number of hydrogen-bond acceptors (Lipinski definition) is 8. The molecule has 0 N–H and O–H groups in total. The van der Waals surface area contributed by atoms with Crippen molar-refractivity contribution < 1.29 is 90.6 Å². The van der Waals surface area contributed by atoms with Crippen LogP contribution in [0, 0.1) is 61.8 Å². The largest absolute Gasteiger partial charge is 0.497 e. The van der Waals surface area contributed by atoms with Crippen molar-refractivity contribution in [2.45, 2.75) is 121 Å². The molecule has 16 rings (SSSR count). The zero-order valence-corrected chi connectivity index (χ0v) is 62.7. The van der Waals surface area contributed by atoms with Crippen LogP contribution < -0.4 is 37.9 Å². The Morgan fingerprint density at radius 1 is 0.286 bits per heavy atom. The van der Waals surface area contributed by atoms with E-state index in [1.807, 2.05) is 45.0 Å². The number of methoxy groups -OCH3 is 4. The van der Waals surface area contributed by atoms with Crippen molar-refractivity contribution in [1.82, 2.24) is 0 Å². The van der Waals surface area contributed by atoms with Gasteiger partial charge in [0.25, 0.3) is 0 Å². The Bertz CT molecular complexity index is 5110. The van der Waals surface area contributed by atoms with Crippen molar-refractivity contribution in [3.8, 4) is 90.5 Å². The van der Waals surface area contributed by atoms with Gasteiger partial charge in [-0.3, -0.25) is 0 Å². The average Bonchev–Trinajstić information content (AvgIpc) is 0.771. The molecule has 1 aliphatic carbocycles. The van der Waals surface area contributed by atoms with E-state index in [2.05, 4.69) is 6.92 Å². The zero-order valence-electron chi connectivity index (χ0n) is 62.7. The van der Waals surface area contributed by atoms with Gasteiger partial charge in [-0.25, -0.2) is 17.6 Å². The molecular formula is C92H82F12O8. The monoisotopic (exact) mass is 1540 g/mol. The van der Waals surface area contributed by atoms with Gasteiger partial charge in [-0.2, -0.15) is 35.1 Å². The van der Waals surface area contributed by atoms with Gasteiger partial charge in [-0.05, 0) is 181 Å². The number of alkyl halides is 8. The SMILES string of the molecule is COc1ccc(-c2ccc3c(c2F)OC(F)(F)C(c2ccc(C)cc2)C3)cc1.COc1ccc(-c2ccc3c(c2F)OC(F)(F)C(c2ccc(OC)cc2)C3)cc1.COc1ccc(C2Cc3ccc(-c4ccc(C)cc4)c(F)c3OC2(F)F)cc1.Cc1ccc(-c2ccc3c(c2F)OC(F)(F)C(C2CCC(C)CC2)C3)cc1. The van der Waals surface area contributed by atoms with Crippen molar-refractivity contribution in [3.05, 3.63) is 297 Å². The van der Waals surface area contributed by atoms with E-state index in [9.17, 15) is 35.1 Å². The third-order valence-corrected chi connectivity index (χ3v) is 21.7. The zero-order chi connectivity index (χ0) is 79.6. The first-order valence-corrected chi connectivity index (χ1v) is 36.9. The predicted molar refractivity (Wildman–Crippen MR) is 407 cm³/mol. The lowest BCUT2D eigenvalue weighted by Crippen LogP contribution is -2.44. The molecule has 582 valence electrons. The molecule has 112 heavy (non-hydrogen) atoms. The summed E-state index contributed by atoms with van der Waals surface area (Å²) in [4.78, 5) is 0.